The second-order valence-electron chi connectivity index (χ2n) is 5.16. The molecular weight excluding hydrogens is 220 g/mol. The van der Waals surface area contributed by atoms with Gasteiger partial charge in [-0.1, -0.05) is 6.92 Å². The van der Waals surface area contributed by atoms with Crippen molar-refractivity contribution in [2.24, 2.45) is 11.8 Å². The highest BCUT2D eigenvalue weighted by molar-refractivity contribution is 5.78. The summed E-state index contributed by atoms with van der Waals surface area (Å²) in [4.78, 5) is 24.2. The first-order chi connectivity index (χ1) is 8.08. The Bertz CT molecular complexity index is 309. The van der Waals surface area contributed by atoms with Gasteiger partial charge in [0.15, 0.2) is 0 Å². The Balaban J connectivity index is 1.61. The molecule has 2 fully saturated rings. The van der Waals surface area contributed by atoms with Gasteiger partial charge in [0.25, 0.3) is 0 Å². The van der Waals surface area contributed by atoms with Crippen molar-refractivity contribution in [1.82, 2.24) is 10.2 Å². The van der Waals surface area contributed by atoms with Crippen molar-refractivity contribution in [3.63, 3.8) is 0 Å². The van der Waals surface area contributed by atoms with Gasteiger partial charge in [0, 0.05) is 38.0 Å². The van der Waals surface area contributed by atoms with Crippen LogP contribution in [0.2, 0.25) is 0 Å². The SMILES string of the molecule is CC(C(=O)O)C1CN(C(=O)CCNC2CC2)C1. The van der Waals surface area contributed by atoms with Crippen molar-refractivity contribution >= 4 is 11.9 Å². The van der Waals surface area contributed by atoms with Crippen molar-refractivity contribution in [1.29, 1.82) is 0 Å². The van der Waals surface area contributed by atoms with Gasteiger partial charge in [-0.15, -0.1) is 0 Å². The molecule has 96 valence electrons. The average Bonchev–Trinajstić information content (AvgIpc) is 2.99. The molecule has 1 saturated heterocycles. The lowest BCUT2D eigenvalue weighted by molar-refractivity contribution is -0.150. The smallest absolute Gasteiger partial charge is 0.306 e. The summed E-state index contributed by atoms with van der Waals surface area (Å²) in [6.45, 7) is 3.67. The molecule has 1 unspecified atom stereocenters. The highest BCUT2D eigenvalue weighted by Crippen LogP contribution is 2.24. The van der Waals surface area contributed by atoms with E-state index < -0.39 is 5.97 Å². The number of nitrogens with one attached hydrogen (secondary N) is 1. The van der Waals surface area contributed by atoms with E-state index >= 15 is 0 Å². The van der Waals surface area contributed by atoms with E-state index in [1.807, 2.05) is 0 Å². The fourth-order valence-electron chi connectivity index (χ4n) is 2.06. The van der Waals surface area contributed by atoms with E-state index in [-0.39, 0.29) is 17.7 Å². The summed E-state index contributed by atoms with van der Waals surface area (Å²) >= 11 is 0. The van der Waals surface area contributed by atoms with Gasteiger partial charge in [-0.25, -0.2) is 0 Å². The summed E-state index contributed by atoms with van der Waals surface area (Å²) in [7, 11) is 0. The standard InChI is InChI=1S/C12H20N2O3/c1-8(12(16)17)9-6-14(7-9)11(15)4-5-13-10-2-3-10/h8-10,13H,2-7H2,1H3,(H,16,17). The number of carboxylic acids is 1. The minimum absolute atomic E-state index is 0.132. The molecule has 1 aliphatic carbocycles. The van der Waals surface area contributed by atoms with Gasteiger partial charge in [0.2, 0.25) is 5.91 Å². The van der Waals surface area contributed by atoms with Crippen LogP contribution in [0.25, 0.3) is 0 Å². The predicted octanol–water partition coefficient (Wildman–Crippen LogP) is 0.308. The summed E-state index contributed by atoms with van der Waals surface area (Å²) in [5.41, 5.74) is 0. The second kappa shape index (κ2) is 5.04. The molecule has 2 N–H and O–H groups in total. The zero-order valence-corrected chi connectivity index (χ0v) is 10.2. The number of aliphatic carboxylic acids is 1. The van der Waals surface area contributed by atoms with E-state index in [4.69, 9.17) is 5.11 Å². The topological polar surface area (TPSA) is 69.6 Å². The molecule has 0 aromatic rings. The summed E-state index contributed by atoms with van der Waals surface area (Å²) in [5, 5.41) is 12.1. The monoisotopic (exact) mass is 240 g/mol. The number of carboxylic acid groups (broad SMARTS) is 1. The van der Waals surface area contributed by atoms with Crippen LogP contribution in [0.1, 0.15) is 26.2 Å². The average molecular weight is 240 g/mol. The third kappa shape index (κ3) is 3.19. The number of rotatable bonds is 6. The van der Waals surface area contributed by atoms with Gasteiger partial charge in [-0.2, -0.15) is 0 Å². The molecule has 0 radical (unpaired) electrons. The lowest BCUT2D eigenvalue weighted by Gasteiger charge is -2.41. The van der Waals surface area contributed by atoms with E-state index in [0.29, 0.717) is 25.6 Å². The summed E-state index contributed by atoms with van der Waals surface area (Å²) in [6.07, 6.45) is 3.00. The fraction of sp³-hybridized carbons (Fsp3) is 0.833. The number of carbonyl (C=O) groups is 2. The summed E-state index contributed by atoms with van der Waals surface area (Å²) in [6, 6.07) is 0.638. The van der Waals surface area contributed by atoms with Crippen LogP contribution in [0.5, 0.6) is 0 Å². The number of hydrogen-bond acceptors (Lipinski definition) is 3. The van der Waals surface area contributed by atoms with Crippen molar-refractivity contribution in [3.05, 3.63) is 0 Å². The maximum Gasteiger partial charge on any atom is 0.306 e. The Morgan fingerprint density at radius 3 is 2.59 bits per heavy atom. The first-order valence-electron chi connectivity index (χ1n) is 6.32. The fourth-order valence-corrected chi connectivity index (χ4v) is 2.06. The number of carbonyl (C=O) groups excluding carboxylic acids is 1. The lowest BCUT2D eigenvalue weighted by atomic mass is 9.87. The number of likely N-dealkylation sites (tertiary alicyclic amines) is 1. The van der Waals surface area contributed by atoms with E-state index in [0.717, 1.165) is 6.54 Å². The van der Waals surface area contributed by atoms with Crippen LogP contribution >= 0.6 is 0 Å². The van der Waals surface area contributed by atoms with Gasteiger partial charge in [-0.05, 0) is 12.8 Å². The Morgan fingerprint density at radius 1 is 1.41 bits per heavy atom. The normalized spacial score (nSPS) is 22.1. The zero-order valence-electron chi connectivity index (χ0n) is 10.2. The van der Waals surface area contributed by atoms with Crippen molar-refractivity contribution in [3.8, 4) is 0 Å². The van der Waals surface area contributed by atoms with Gasteiger partial charge in [-0.3, -0.25) is 9.59 Å². The molecule has 5 nitrogen and oxygen atoms in total. The Hall–Kier alpha value is -1.10. The van der Waals surface area contributed by atoms with E-state index in [9.17, 15) is 9.59 Å². The van der Waals surface area contributed by atoms with Crippen molar-refractivity contribution < 1.29 is 14.7 Å². The molecule has 1 saturated carbocycles. The molecule has 1 aliphatic heterocycles. The number of hydrogen-bond donors (Lipinski definition) is 2. The maximum atomic E-state index is 11.7. The Morgan fingerprint density at radius 2 is 2.06 bits per heavy atom. The van der Waals surface area contributed by atoms with Crippen LogP contribution < -0.4 is 5.32 Å². The largest absolute Gasteiger partial charge is 0.481 e. The molecule has 0 spiro atoms. The molecule has 0 bridgehead atoms. The van der Waals surface area contributed by atoms with E-state index in [1.165, 1.54) is 12.8 Å². The van der Waals surface area contributed by atoms with Crippen LogP contribution in [-0.2, 0) is 9.59 Å². The van der Waals surface area contributed by atoms with Gasteiger partial charge in [0.1, 0.15) is 0 Å². The third-order valence-corrected chi connectivity index (χ3v) is 3.71. The Labute approximate surface area is 101 Å². The van der Waals surface area contributed by atoms with Gasteiger partial charge in [0.05, 0.1) is 5.92 Å². The first-order valence-corrected chi connectivity index (χ1v) is 6.32. The van der Waals surface area contributed by atoms with Crippen LogP contribution in [0, 0.1) is 11.8 Å². The molecule has 1 amide bonds. The molecule has 0 aromatic heterocycles. The van der Waals surface area contributed by atoms with Crippen molar-refractivity contribution in [2.75, 3.05) is 19.6 Å². The van der Waals surface area contributed by atoms with E-state index in [1.54, 1.807) is 11.8 Å². The van der Waals surface area contributed by atoms with Crippen molar-refractivity contribution in [2.45, 2.75) is 32.2 Å². The number of amides is 1. The second-order valence-corrected chi connectivity index (χ2v) is 5.16. The third-order valence-electron chi connectivity index (χ3n) is 3.71. The molecular formula is C12H20N2O3. The molecule has 0 aromatic carbocycles. The minimum Gasteiger partial charge on any atom is -0.481 e. The van der Waals surface area contributed by atoms with Gasteiger partial charge < -0.3 is 15.3 Å². The van der Waals surface area contributed by atoms with E-state index in [2.05, 4.69) is 5.32 Å². The summed E-state index contributed by atoms with van der Waals surface area (Å²) < 4.78 is 0. The van der Waals surface area contributed by atoms with Crippen LogP contribution in [0.15, 0.2) is 0 Å². The maximum absolute atomic E-state index is 11.7. The van der Waals surface area contributed by atoms with Crippen LogP contribution in [0.4, 0.5) is 0 Å². The van der Waals surface area contributed by atoms with Crippen LogP contribution in [-0.4, -0.2) is 47.6 Å². The number of nitrogens with zero attached hydrogens (tertiary/aromatic N) is 1. The molecule has 5 heteroatoms. The minimum atomic E-state index is -0.766. The highest BCUT2D eigenvalue weighted by Gasteiger charge is 2.36. The van der Waals surface area contributed by atoms with Crippen LogP contribution in [0.3, 0.4) is 0 Å². The summed E-state index contributed by atoms with van der Waals surface area (Å²) in [5.74, 6) is -0.832. The molecule has 2 aliphatic rings. The molecule has 2 rings (SSSR count). The molecule has 17 heavy (non-hydrogen) atoms. The zero-order chi connectivity index (χ0) is 12.4. The Kier molecular flexibility index (Phi) is 3.66. The molecule has 1 atom stereocenters. The first kappa shape index (κ1) is 12.4. The predicted molar refractivity (Wildman–Crippen MR) is 62.5 cm³/mol. The quantitative estimate of drug-likeness (QED) is 0.701. The lowest BCUT2D eigenvalue weighted by Crippen LogP contribution is -2.53. The van der Waals surface area contributed by atoms with Gasteiger partial charge >= 0.3 is 5.97 Å². The molecule has 1 heterocycles. The highest BCUT2D eigenvalue weighted by atomic mass is 16.4.